The van der Waals surface area contributed by atoms with E-state index in [0.717, 1.165) is 22.4 Å². The number of Topliss-reactive ketones (excluding diaryl/α,β-unsaturated/α-hetero) is 1. The summed E-state index contributed by atoms with van der Waals surface area (Å²) in [5.41, 5.74) is 3.90. The molecule has 0 fully saturated rings. The second kappa shape index (κ2) is 9.72. The highest BCUT2D eigenvalue weighted by Gasteiger charge is 2.16. The molecule has 0 unspecified atom stereocenters. The first-order valence-electron chi connectivity index (χ1n) is 9.06. The van der Waals surface area contributed by atoms with Gasteiger partial charge in [0, 0.05) is 31.5 Å². The third-order valence-electron chi connectivity index (χ3n) is 4.63. The molecule has 142 valence electrons. The number of amides is 1. The fourth-order valence-electron chi connectivity index (χ4n) is 2.80. The van der Waals surface area contributed by atoms with E-state index >= 15 is 0 Å². The second-order valence-corrected chi connectivity index (χ2v) is 6.63. The molecule has 0 aliphatic heterocycles. The number of ketones is 1. The topological polar surface area (TPSA) is 46.6 Å². The van der Waals surface area contributed by atoms with Crippen molar-refractivity contribution in [3.05, 3.63) is 77.4 Å². The number of methoxy groups -OCH3 is 1. The van der Waals surface area contributed by atoms with E-state index in [4.69, 9.17) is 4.74 Å². The number of benzene rings is 2. The highest BCUT2D eigenvalue weighted by atomic mass is 16.5. The van der Waals surface area contributed by atoms with Crippen molar-refractivity contribution in [1.29, 1.82) is 0 Å². The Morgan fingerprint density at radius 2 is 1.74 bits per heavy atom. The molecule has 2 rings (SSSR count). The Bertz CT molecular complexity index is 809. The molecular weight excluding hydrogens is 338 g/mol. The van der Waals surface area contributed by atoms with Gasteiger partial charge in [0.05, 0.1) is 7.11 Å². The van der Waals surface area contributed by atoms with Crippen molar-refractivity contribution in [3.8, 4) is 5.75 Å². The normalized spacial score (nSPS) is 10.3. The third-order valence-corrected chi connectivity index (χ3v) is 4.63. The average molecular weight is 365 g/mol. The van der Waals surface area contributed by atoms with Gasteiger partial charge in [-0.05, 0) is 48.7 Å². The van der Waals surface area contributed by atoms with Crippen LogP contribution in [0, 0.1) is 13.8 Å². The summed E-state index contributed by atoms with van der Waals surface area (Å²) in [5.74, 6) is 0.719. The molecule has 0 aliphatic rings. The van der Waals surface area contributed by atoms with Crippen LogP contribution in [-0.2, 0) is 11.3 Å². The van der Waals surface area contributed by atoms with Gasteiger partial charge < -0.3 is 9.64 Å². The van der Waals surface area contributed by atoms with Crippen molar-refractivity contribution in [3.63, 3.8) is 0 Å². The number of hydrogen-bond donors (Lipinski definition) is 0. The van der Waals surface area contributed by atoms with Crippen LogP contribution in [0.2, 0.25) is 0 Å². The summed E-state index contributed by atoms with van der Waals surface area (Å²) in [6.45, 7) is 8.66. The third kappa shape index (κ3) is 5.81. The van der Waals surface area contributed by atoms with E-state index < -0.39 is 0 Å². The number of carbonyl (C=O) groups is 2. The number of nitrogens with zero attached hydrogens (tertiary/aromatic N) is 1. The molecule has 2 aromatic carbocycles. The van der Waals surface area contributed by atoms with Crippen LogP contribution >= 0.6 is 0 Å². The van der Waals surface area contributed by atoms with Gasteiger partial charge in [-0.25, -0.2) is 0 Å². The van der Waals surface area contributed by atoms with Gasteiger partial charge >= 0.3 is 0 Å². The van der Waals surface area contributed by atoms with Gasteiger partial charge in [-0.2, -0.15) is 0 Å². The van der Waals surface area contributed by atoms with Crippen LogP contribution in [0.15, 0.2) is 55.1 Å². The van der Waals surface area contributed by atoms with E-state index in [1.807, 2.05) is 56.3 Å². The van der Waals surface area contributed by atoms with Crippen molar-refractivity contribution in [2.45, 2.75) is 33.2 Å². The van der Waals surface area contributed by atoms with Gasteiger partial charge in [-0.15, -0.1) is 6.58 Å². The van der Waals surface area contributed by atoms with Crippen LogP contribution in [0.4, 0.5) is 0 Å². The monoisotopic (exact) mass is 365 g/mol. The smallest absolute Gasteiger partial charge is 0.223 e. The maximum atomic E-state index is 12.6. The molecule has 0 spiro atoms. The van der Waals surface area contributed by atoms with Gasteiger partial charge in [-0.1, -0.05) is 30.3 Å². The van der Waals surface area contributed by atoms with Crippen molar-refractivity contribution in [2.24, 2.45) is 0 Å². The van der Waals surface area contributed by atoms with Gasteiger partial charge in [-0.3, -0.25) is 9.59 Å². The molecule has 27 heavy (non-hydrogen) atoms. The maximum absolute atomic E-state index is 12.6. The average Bonchev–Trinajstić information content (AvgIpc) is 2.68. The first kappa shape index (κ1) is 20.4. The summed E-state index contributed by atoms with van der Waals surface area (Å²) in [6.07, 6.45) is 2.10. The Kier molecular flexibility index (Phi) is 7.35. The predicted molar refractivity (Wildman–Crippen MR) is 108 cm³/mol. The van der Waals surface area contributed by atoms with E-state index in [2.05, 4.69) is 6.58 Å². The summed E-state index contributed by atoms with van der Waals surface area (Å²) in [6, 6.07) is 13.3. The number of ether oxygens (including phenoxy) is 1. The molecule has 1 amide bonds. The number of rotatable bonds is 9. The second-order valence-electron chi connectivity index (χ2n) is 6.63. The lowest BCUT2D eigenvalue weighted by molar-refractivity contribution is -0.131. The van der Waals surface area contributed by atoms with Gasteiger partial charge in [0.2, 0.25) is 5.91 Å². The molecule has 4 nitrogen and oxygen atoms in total. The summed E-state index contributed by atoms with van der Waals surface area (Å²) in [7, 11) is 1.62. The molecular formula is C23H27NO3. The Hall–Kier alpha value is -2.88. The Balaban J connectivity index is 1.97. The predicted octanol–water partition coefficient (Wildman–Crippen LogP) is 4.49. The molecule has 2 aromatic rings. The number of aryl methyl sites for hydroxylation is 2. The van der Waals surface area contributed by atoms with E-state index in [1.165, 1.54) is 0 Å². The zero-order valence-corrected chi connectivity index (χ0v) is 16.3. The summed E-state index contributed by atoms with van der Waals surface area (Å²) in [4.78, 5) is 26.7. The van der Waals surface area contributed by atoms with Gasteiger partial charge in [0.15, 0.2) is 5.78 Å². The molecule has 0 N–H and O–H groups in total. The lowest BCUT2D eigenvalue weighted by Gasteiger charge is -2.21. The molecule has 0 atom stereocenters. The molecule has 0 heterocycles. The zero-order valence-electron chi connectivity index (χ0n) is 16.3. The Morgan fingerprint density at radius 3 is 2.33 bits per heavy atom. The minimum Gasteiger partial charge on any atom is -0.497 e. The van der Waals surface area contributed by atoms with Gasteiger partial charge in [0.1, 0.15) is 5.75 Å². The lowest BCUT2D eigenvalue weighted by atomic mass is 10.0. The standard InChI is InChI=1S/C23H27NO3/c1-5-14-24(16-19-7-10-21(27-4)11-8-19)23(26)13-12-22(25)20-9-6-17(2)18(3)15-20/h5-11,15H,1,12-14,16H2,2-4H3. The van der Waals surface area contributed by atoms with Gasteiger partial charge in [0.25, 0.3) is 0 Å². The molecule has 0 aromatic heterocycles. The minimum atomic E-state index is -0.0529. The summed E-state index contributed by atoms with van der Waals surface area (Å²) in [5, 5.41) is 0. The zero-order chi connectivity index (χ0) is 19.8. The van der Waals surface area contributed by atoms with Crippen LogP contribution in [0.3, 0.4) is 0 Å². The molecule has 0 aliphatic carbocycles. The quantitative estimate of drug-likeness (QED) is 0.486. The highest BCUT2D eigenvalue weighted by Crippen LogP contribution is 2.15. The van der Waals surface area contributed by atoms with Crippen LogP contribution in [0.25, 0.3) is 0 Å². The SMILES string of the molecule is C=CCN(Cc1ccc(OC)cc1)C(=O)CCC(=O)c1ccc(C)c(C)c1. The Morgan fingerprint density at radius 1 is 1.04 bits per heavy atom. The lowest BCUT2D eigenvalue weighted by Crippen LogP contribution is -2.30. The van der Waals surface area contributed by atoms with Crippen LogP contribution < -0.4 is 4.74 Å². The van der Waals surface area contributed by atoms with Crippen LogP contribution in [-0.4, -0.2) is 30.2 Å². The number of hydrogen-bond acceptors (Lipinski definition) is 3. The fourth-order valence-corrected chi connectivity index (χ4v) is 2.80. The minimum absolute atomic E-state index is 0.00514. The number of carbonyl (C=O) groups excluding carboxylic acids is 2. The molecule has 0 radical (unpaired) electrons. The van der Waals surface area contributed by atoms with Crippen LogP contribution in [0.5, 0.6) is 5.75 Å². The molecule has 0 saturated carbocycles. The maximum Gasteiger partial charge on any atom is 0.223 e. The van der Waals surface area contributed by atoms with Crippen molar-refractivity contribution in [2.75, 3.05) is 13.7 Å². The largest absolute Gasteiger partial charge is 0.497 e. The molecule has 0 saturated heterocycles. The van der Waals surface area contributed by atoms with E-state index in [1.54, 1.807) is 18.1 Å². The summed E-state index contributed by atoms with van der Waals surface area (Å²) < 4.78 is 5.16. The molecule has 4 heteroatoms. The van der Waals surface area contributed by atoms with Crippen LogP contribution in [0.1, 0.15) is 39.9 Å². The van der Waals surface area contributed by atoms with Crippen molar-refractivity contribution >= 4 is 11.7 Å². The van der Waals surface area contributed by atoms with E-state index in [9.17, 15) is 9.59 Å². The molecule has 0 bridgehead atoms. The fraction of sp³-hybridized carbons (Fsp3) is 0.304. The van der Waals surface area contributed by atoms with Crippen molar-refractivity contribution in [1.82, 2.24) is 4.90 Å². The Labute approximate surface area is 161 Å². The first-order chi connectivity index (χ1) is 12.9. The van der Waals surface area contributed by atoms with E-state index in [-0.39, 0.29) is 24.5 Å². The highest BCUT2D eigenvalue weighted by molar-refractivity contribution is 5.98. The summed E-state index contributed by atoms with van der Waals surface area (Å²) >= 11 is 0. The first-order valence-corrected chi connectivity index (χ1v) is 9.06. The van der Waals surface area contributed by atoms with Crippen molar-refractivity contribution < 1.29 is 14.3 Å². The van der Waals surface area contributed by atoms with E-state index in [0.29, 0.717) is 18.7 Å².